The molecule has 0 atom stereocenters. The number of piperidine rings is 1. The van der Waals surface area contributed by atoms with Gasteiger partial charge >= 0.3 is 6.18 Å². The van der Waals surface area contributed by atoms with Crippen molar-refractivity contribution >= 4 is 10.9 Å². The number of benzene rings is 1. The van der Waals surface area contributed by atoms with Gasteiger partial charge in [-0.25, -0.2) is 0 Å². The molecule has 1 aliphatic carbocycles. The van der Waals surface area contributed by atoms with Crippen LogP contribution in [0.1, 0.15) is 43.4 Å². The lowest BCUT2D eigenvalue weighted by Gasteiger charge is -2.31. The smallest absolute Gasteiger partial charge is 0.406 e. The van der Waals surface area contributed by atoms with E-state index in [1.165, 1.54) is 10.8 Å². The lowest BCUT2D eigenvalue weighted by atomic mass is 10.1. The van der Waals surface area contributed by atoms with Crippen LogP contribution in [0.4, 0.5) is 13.2 Å². The Balaban J connectivity index is 1.19. The van der Waals surface area contributed by atoms with Gasteiger partial charge in [-0.3, -0.25) is 4.90 Å². The summed E-state index contributed by atoms with van der Waals surface area (Å²) in [6.45, 7) is 1.33. The van der Waals surface area contributed by atoms with Crippen molar-refractivity contribution in [3.63, 3.8) is 0 Å². The third-order valence-electron chi connectivity index (χ3n) is 5.72. The maximum Gasteiger partial charge on any atom is 0.406 e. The first-order valence-corrected chi connectivity index (χ1v) is 10.3. The van der Waals surface area contributed by atoms with Crippen molar-refractivity contribution in [2.24, 2.45) is 0 Å². The lowest BCUT2D eigenvalue weighted by molar-refractivity contribution is -0.139. The summed E-state index contributed by atoms with van der Waals surface area (Å²) in [7, 11) is 0. The van der Waals surface area contributed by atoms with Crippen LogP contribution in [0.3, 0.4) is 0 Å². The molecule has 1 saturated heterocycles. The van der Waals surface area contributed by atoms with E-state index < -0.39 is 12.7 Å². The number of rotatable bonds is 6. The SMILES string of the molecule is FC(F)(F)Cn1ccc2c(OC3CCN(Cc4nnc(C5CC5)o4)CC3)cccc21. The summed E-state index contributed by atoms with van der Waals surface area (Å²) < 4.78 is 51.5. The van der Waals surface area contributed by atoms with Crippen LogP contribution in [0, 0.1) is 0 Å². The van der Waals surface area contributed by atoms with Gasteiger partial charge in [0.1, 0.15) is 18.4 Å². The quantitative estimate of drug-likeness (QED) is 0.587. The number of nitrogens with zero attached hydrogens (tertiary/aromatic N) is 4. The second kappa shape index (κ2) is 7.61. The zero-order chi connectivity index (χ0) is 20.7. The standard InChI is InChI=1S/C21H23F3N4O2/c22-21(23,24)13-28-11-8-16-17(28)2-1-3-18(16)29-15-6-9-27(10-7-15)12-19-25-26-20(30-19)14-4-5-14/h1-3,8,11,14-15H,4-7,9-10,12-13H2. The molecule has 1 aromatic carbocycles. The fourth-order valence-corrected chi connectivity index (χ4v) is 4.01. The van der Waals surface area contributed by atoms with E-state index in [4.69, 9.17) is 9.15 Å². The van der Waals surface area contributed by atoms with Crippen LogP contribution in [0.5, 0.6) is 5.75 Å². The Morgan fingerprint density at radius 1 is 1.07 bits per heavy atom. The highest BCUT2D eigenvalue weighted by atomic mass is 19.4. The number of hydrogen-bond donors (Lipinski definition) is 0. The highest BCUT2D eigenvalue weighted by molar-refractivity contribution is 5.86. The summed E-state index contributed by atoms with van der Waals surface area (Å²) in [5.74, 6) is 2.51. The normalized spacial score (nSPS) is 18.9. The van der Waals surface area contributed by atoms with E-state index in [0.717, 1.165) is 44.7 Å². The van der Waals surface area contributed by atoms with Gasteiger partial charge in [-0.1, -0.05) is 6.07 Å². The molecule has 2 aromatic heterocycles. The Kier molecular flexibility index (Phi) is 4.92. The second-order valence-electron chi connectivity index (χ2n) is 8.15. The third kappa shape index (κ3) is 4.30. The van der Waals surface area contributed by atoms with Crippen LogP contribution in [0.25, 0.3) is 10.9 Å². The molecule has 0 radical (unpaired) electrons. The van der Waals surface area contributed by atoms with E-state index >= 15 is 0 Å². The van der Waals surface area contributed by atoms with E-state index in [2.05, 4.69) is 15.1 Å². The molecular weight excluding hydrogens is 397 g/mol. The van der Waals surface area contributed by atoms with E-state index in [-0.39, 0.29) is 6.10 Å². The Morgan fingerprint density at radius 3 is 2.60 bits per heavy atom. The zero-order valence-electron chi connectivity index (χ0n) is 16.4. The van der Waals surface area contributed by atoms with Gasteiger partial charge in [-0.15, -0.1) is 10.2 Å². The summed E-state index contributed by atoms with van der Waals surface area (Å²) in [5, 5.41) is 8.99. The molecule has 3 heterocycles. The Labute approximate surface area is 171 Å². The number of hydrogen-bond acceptors (Lipinski definition) is 5. The monoisotopic (exact) mass is 420 g/mol. The molecule has 30 heavy (non-hydrogen) atoms. The average Bonchev–Trinajstić information content (AvgIpc) is 3.33. The van der Waals surface area contributed by atoms with Crippen LogP contribution in [0.2, 0.25) is 0 Å². The molecule has 1 saturated carbocycles. The number of aromatic nitrogens is 3. The van der Waals surface area contributed by atoms with E-state index in [1.54, 1.807) is 18.2 Å². The molecule has 6 nitrogen and oxygen atoms in total. The predicted molar refractivity (Wildman–Crippen MR) is 103 cm³/mol. The number of ether oxygens (including phenoxy) is 1. The van der Waals surface area contributed by atoms with Gasteiger partial charge in [-0.2, -0.15) is 13.2 Å². The molecular formula is C21H23F3N4O2. The predicted octanol–water partition coefficient (Wildman–Crippen LogP) is 4.51. The summed E-state index contributed by atoms with van der Waals surface area (Å²) in [4.78, 5) is 2.27. The molecule has 0 bridgehead atoms. The molecule has 0 N–H and O–H groups in total. The molecule has 2 aliphatic rings. The Hall–Kier alpha value is -2.55. The third-order valence-corrected chi connectivity index (χ3v) is 5.72. The van der Waals surface area contributed by atoms with Crippen LogP contribution in [0.15, 0.2) is 34.9 Å². The molecule has 160 valence electrons. The summed E-state index contributed by atoms with van der Waals surface area (Å²) in [6, 6.07) is 6.95. The summed E-state index contributed by atoms with van der Waals surface area (Å²) >= 11 is 0. The fourth-order valence-electron chi connectivity index (χ4n) is 4.01. The van der Waals surface area contributed by atoms with Crippen molar-refractivity contribution in [3.05, 3.63) is 42.2 Å². The topological polar surface area (TPSA) is 56.3 Å². The van der Waals surface area contributed by atoms with Gasteiger partial charge in [0, 0.05) is 30.6 Å². The van der Waals surface area contributed by atoms with Crippen molar-refractivity contribution in [2.45, 2.75) is 57.0 Å². The minimum Gasteiger partial charge on any atom is -0.490 e. The van der Waals surface area contributed by atoms with Crippen LogP contribution >= 0.6 is 0 Å². The van der Waals surface area contributed by atoms with E-state index in [0.29, 0.717) is 35.0 Å². The molecule has 0 amide bonds. The van der Waals surface area contributed by atoms with Gasteiger partial charge in [0.2, 0.25) is 11.8 Å². The highest BCUT2D eigenvalue weighted by Gasteiger charge is 2.30. The highest BCUT2D eigenvalue weighted by Crippen LogP contribution is 2.39. The van der Waals surface area contributed by atoms with Crippen molar-refractivity contribution in [1.82, 2.24) is 19.7 Å². The maximum atomic E-state index is 12.8. The molecule has 1 aliphatic heterocycles. The summed E-state index contributed by atoms with van der Waals surface area (Å²) in [6.07, 6.45) is 1.18. The van der Waals surface area contributed by atoms with Crippen LogP contribution < -0.4 is 4.74 Å². The first kappa shape index (κ1) is 19.4. The number of alkyl halides is 3. The Morgan fingerprint density at radius 2 is 1.87 bits per heavy atom. The fraction of sp³-hybridized carbons (Fsp3) is 0.524. The van der Waals surface area contributed by atoms with Gasteiger partial charge in [0.05, 0.1) is 12.1 Å². The number of halogens is 3. The van der Waals surface area contributed by atoms with Crippen molar-refractivity contribution in [1.29, 1.82) is 0 Å². The maximum absolute atomic E-state index is 12.8. The lowest BCUT2D eigenvalue weighted by Crippen LogP contribution is -2.37. The average molecular weight is 420 g/mol. The Bertz CT molecular complexity index is 1020. The van der Waals surface area contributed by atoms with E-state index in [9.17, 15) is 13.2 Å². The van der Waals surface area contributed by atoms with Crippen LogP contribution in [-0.2, 0) is 13.1 Å². The molecule has 0 unspecified atom stereocenters. The molecule has 9 heteroatoms. The van der Waals surface area contributed by atoms with Crippen molar-refractivity contribution in [3.8, 4) is 5.75 Å². The molecule has 5 rings (SSSR count). The summed E-state index contributed by atoms with van der Waals surface area (Å²) in [5.41, 5.74) is 0.533. The number of fused-ring (bicyclic) bond motifs is 1. The molecule has 3 aromatic rings. The largest absolute Gasteiger partial charge is 0.490 e. The molecule has 2 fully saturated rings. The van der Waals surface area contributed by atoms with Gasteiger partial charge in [-0.05, 0) is 43.9 Å². The van der Waals surface area contributed by atoms with Crippen molar-refractivity contribution < 1.29 is 22.3 Å². The minimum atomic E-state index is -4.26. The first-order chi connectivity index (χ1) is 14.4. The number of likely N-dealkylation sites (tertiary alicyclic amines) is 1. The van der Waals surface area contributed by atoms with Gasteiger partial charge < -0.3 is 13.7 Å². The van der Waals surface area contributed by atoms with Crippen molar-refractivity contribution in [2.75, 3.05) is 13.1 Å². The van der Waals surface area contributed by atoms with Gasteiger partial charge in [0.15, 0.2) is 0 Å². The zero-order valence-corrected chi connectivity index (χ0v) is 16.4. The van der Waals surface area contributed by atoms with E-state index in [1.807, 2.05) is 6.07 Å². The van der Waals surface area contributed by atoms with Crippen LogP contribution in [-0.4, -0.2) is 45.0 Å². The molecule has 0 spiro atoms. The van der Waals surface area contributed by atoms with Gasteiger partial charge in [0.25, 0.3) is 0 Å². The second-order valence-corrected chi connectivity index (χ2v) is 8.15. The first-order valence-electron chi connectivity index (χ1n) is 10.3. The minimum absolute atomic E-state index is 0.0301.